The minimum Gasteiger partial charge on any atom is -0.398 e. The van der Waals surface area contributed by atoms with Gasteiger partial charge in [-0.15, -0.1) is 0 Å². The number of anilines is 1. The van der Waals surface area contributed by atoms with Crippen LogP contribution < -0.4 is 5.73 Å². The SMILES string of the molecule is CCn1nc(C)c(Cl)c1CS(=O)c1ccc(C)cc1N. The molecule has 20 heavy (non-hydrogen) atoms. The Bertz CT molecular complexity index is 667. The highest BCUT2D eigenvalue weighted by Crippen LogP contribution is 2.25. The van der Waals surface area contributed by atoms with Gasteiger partial charge in [0.15, 0.2) is 0 Å². The molecule has 2 aromatic rings. The molecule has 2 N–H and O–H groups in total. The summed E-state index contributed by atoms with van der Waals surface area (Å²) >= 11 is 6.24. The third-order valence-electron chi connectivity index (χ3n) is 3.13. The van der Waals surface area contributed by atoms with E-state index in [-0.39, 0.29) is 0 Å². The number of halogens is 1. The van der Waals surface area contributed by atoms with E-state index in [1.165, 1.54) is 0 Å². The van der Waals surface area contributed by atoms with Crippen molar-refractivity contribution in [1.82, 2.24) is 9.78 Å². The molecule has 1 heterocycles. The van der Waals surface area contributed by atoms with Crippen molar-refractivity contribution in [2.75, 3.05) is 5.73 Å². The van der Waals surface area contributed by atoms with Gasteiger partial charge in [0.25, 0.3) is 0 Å². The van der Waals surface area contributed by atoms with Gasteiger partial charge in [-0.1, -0.05) is 17.7 Å². The second-order valence-electron chi connectivity index (χ2n) is 4.69. The van der Waals surface area contributed by atoms with E-state index in [1.54, 1.807) is 4.68 Å². The molecule has 1 atom stereocenters. The van der Waals surface area contributed by atoms with Crippen molar-refractivity contribution in [1.29, 1.82) is 0 Å². The van der Waals surface area contributed by atoms with Crippen LogP contribution in [0.4, 0.5) is 5.69 Å². The van der Waals surface area contributed by atoms with Gasteiger partial charge in [-0.2, -0.15) is 5.10 Å². The van der Waals surface area contributed by atoms with Gasteiger partial charge in [0.05, 0.1) is 37.9 Å². The van der Waals surface area contributed by atoms with Gasteiger partial charge < -0.3 is 5.73 Å². The van der Waals surface area contributed by atoms with Crippen molar-refractivity contribution in [2.45, 2.75) is 38.0 Å². The zero-order valence-corrected chi connectivity index (χ0v) is 13.4. The molecule has 4 nitrogen and oxygen atoms in total. The molecule has 1 unspecified atom stereocenters. The Balaban J connectivity index is 2.32. The molecule has 6 heteroatoms. The summed E-state index contributed by atoms with van der Waals surface area (Å²) in [5.74, 6) is 0.320. The monoisotopic (exact) mass is 311 g/mol. The second-order valence-corrected chi connectivity index (χ2v) is 6.49. The molecule has 2 rings (SSSR count). The van der Waals surface area contributed by atoms with Crippen LogP contribution in [0.5, 0.6) is 0 Å². The number of nitrogens with two attached hydrogens (primary N) is 1. The molecule has 0 saturated heterocycles. The van der Waals surface area contributed by atoms with Crippen LogP contribution in [0.1, 0.15) is 23.9 Å². The van der Waals surface area contributed by atoms with Gasteiger partial charge in [0.2, 0.25) is 0 Å². The number of aryl methyl sites for hydroxylation is 3. The highest BCUT2D eigenvalue weighted by molar-refractivity contribution is 7.84. The lowest BCUT2D eigenvalue weighted by molar-refractivity contribution is 0.627. The van der Waals surface area contributed by atoms with Crippen molar-refractivity contribution in [3.63, 3.8) is 0 Å². The molecule has 0 spiro atoms. The smallest absolute Gasteiger partial charge is 0.0856 e. The average molecular weight is 312 g/mol. The van der Waals surface area contributed by atoms with Gasteiger partial charge >= 0.3 is 0 Å². The van der Waals surface area contributed by atoms with Gasteiger partial charge in [0, 0.05) is 12.2 Å². The number of rotatable bonds is 4. The molecular formula is C14H18ClN3OS. The third-order valence-corrected chi connectivity index (χ3v) is 5.02. The summed E-state index contributed by atoms with van der Waals surface area (Å²) in [6, 6.07) is 5.55. The van der Waals surface area contributed by atoms with Crippen LogP contribution in [0.15, 0.2) is 23.1 Å². The topological polar surface area (TPSA) is 60.9 Å². The summed E-state index contributed by atoms with van der Waals surface area (Å²) in [6.45, 7) is 6.48. The lowest BCUT2D eigenvalue weighted by atomic mass is 10.2. The van der Waals surface area contributed by atoms with E-state index in [4.69, 9.17) is 17.3 Å². The second kappa shape index (κ2) is 5.97. The fourth-order valence-corrected chi connectivity index (χ4v) is 3.60. The van der Waals surface area contributed by atoms with E-state index in [2.05, 4.69) is 5.10 Å². The van der Waals surface area contributed by atoms with E-state index >= 15 is 0 Å². The number of nitrogen functional groups attached to an aromatic ring is 1. The van der Waals surface area contributed by atoms with Crippen LogP contribution in [0.2, 0.25) is 5.02 Å². The maximum Gasteiger partial charge on any atom is 0.0856 e. The Hall–Kier alpha value is -1.33. The number of nitrogens with zero attached hydrogens (tertiary/aromatic N) is 2. The van der Waals surface area contributed by atoms with Crippen LogP contribution >= 0.6 is 11.6 Å². The molecule has 1 aromatic heterocycles. The van der Waals surface area contributed by atoms with Crippen molar-refractivity contribution in [3.05, 3.63) is 40.2 Å². The maximum atomic E-state index is 12.5. The van der Waals surface area contributed by atoms with Crippen LogP contribution in [-0.4, -0.2) is 14.0 Å². The molecule has 0 bridgehead atoms. The Labute approximate surface area is 126 Å². The number of aromatic nitrogens is 2. The Morgan fingerprint density at radius 1 is 1.40 bits per heavy atom. The zero-order valence-electron chi connectivity index (χ0n) is 11.8. The Morgan fingerprint density at radius 3 is 2.70 bits per heavy atom. The molecule has 0 aliphatic rings. The highest BCUT2D eigenvalue weighted by atomic mass is 35.5. The lowest BCUT2D eigenvalue weighted by Crippen LogP contribution is -2.07. The van der Waals surface area contributed by atoms with E-state index < -0.39 is 10.8 Å². The van der Waals surface area contributed by atoms with Crippen molar-refractivity contribution >= 4 is 28.1 Å². The number of hydrogen-bond donors (Lipinski definition) is 1. The standard InChI is InChI=1S/C14H18ClN3OS/c1-4-18-12(14(15)10(3)17-18)8-20(19)13-6-5-9(2)7-11(13)16/h5-7H,4,8,16H2,1-3H3. The molecule has 108 valence electrons. The van der Waals surface area contributed by atoms with Gasteiger partial charge in [-0.25, -0.2) is 0 Å². The predicted octanol–water partition coefficient (Wildman–Crippen LogP) is 3.06. The van der Waals surface area contributed by atoms with E-state index in [0.717, 1.165) is 17.0 Å². The fourth-order valence-electron chi connectivity index (χ4n) is 2.08. The molecule has 0 amide bonds. The van der Waals surface area contributed by atoms with E-state index in [0.29, 0.717) is 27.9 Å². The van der Waals surface area contributed by atoms with Crippen LogP contribution in [0, 0.1) is 13.8 Å². The van der Waals surface area contributed by atoms with Crippen molar-refractivity contribution < 1.29 is 4.21 Å². The van der Waals surface area contributed by atoms with Crippen molar-refractivity contribution in [3.8, 4) is 0 Å². The third kappa shape index (κ3) is 2.88. The summed E-state index contributed by atoms with van der Waals surface area (Å²) < 4.78 is 14.3. The molecule has 0 radical (unpaired) electrons. The minimum atomic E-state index is -1.23. The molecule has 0 aliphatic carbocycles. The molecule has 0 aliphatic heterocycles. The predicted molar refractivity (Wildman–Crippen MR) is 83.4 cm³/mol. The van der Waals surface area contributed by atoms with E-state index in [9.17, 15) is 4.21 Å². The molecule has 0 saturated carbocycles. The summed E-state index contributed by atoms with van der Waals surface area (Å²) in [5, 5.41) is 4.92. The van der Waals surface area contributed by atoms with Gasteiger partial charge in [-0.3, -0.25) is 8.89 Å². The summed E-state index contributed by atoms with van der Waals surface area (Å²) in [5.41, 5.74) is 9.11. The quantitative estimate of drug-likeness (QED) is 0.883. The summed E-state index contributed by atoms with van der Waals surface area (Å²) in [7, 11) is -1.23. The number of benzene rings is 1. The van der Waals surface area contributed by atoms with Gasteiger partial charge in [-0.05, 0) is 38.5 Å². The first kappa shape index (κ1) is 15.1. The number of hydrogen-bond acceptors (Lipinski definition) is 3. The molecule has 0 fully saturated rings. The Kier molecular flexibility index (Phi) is 4.50. The van der Waals surface area contributed by atoms with Crippen LogP contribution in [0.25, 0.3) is 0 Å². The average Bonchev–Trinajstić information content (AvgIpc) is 2.66. The maximum absolute atomic E-state index is 12.5. The zero-order chi connectivity index (χ0) is 14.9. The summed E-state index contributed by atoms with van der Waals surface area (Å²) in [4.78, 5) is 0.646. The first-order valence-corrected chi connectivity index (χ1v) is 8.10. The Morgan fingerprint density at radius 2 is 2.10 bits per heavy atom. The van der Waals surface area contributed by atoms with Crippen LogP contribution in [0.3, 0.4) is 0 Å². The fraction of sp³-hybridized carbons (Fsp3) is 0.357. The highest BCUT2D eigenvalue weighted by Gasteiger charge is 2.17. The normalized spacial score (nSPS) is 12.6. The largest absolute Gasteiger partial charge is 0.398 e. The lowest BCUT2D eigenvalue weighted by Gasteiger charge is -2.08. The van der Waals surface area contributed by atoms with E-state index in [1.807, 2.05) is 39.0 Å². The molecular weight excluding hydrogens is 294 g/mol. The van der Waals surface area contributed by atoms with Gasteiger partial charge in [0.1, 0.15) is 0 Å². The van der Waals surface area contributed by atoms with Crippen LogP contribution in [-0.2, 0) is 23.1 Å². The van der Waals surface area contributed by atoms with Crippen molar-refractivity contribution in [2.24, 2.45) is 0 Å². The first-order valence-electron chi connectivity index (χ1n) is 6.40. The molecule has 1 aromatic carbocycles. The first-order chi connectivity index (χ1) is 9.43. The minimum absolute atomic E-state index is 0.320. The summed E-state index contributed by atoms with van der Waals surface area (Å²) in [6.07, 6.45) is 0.